The smallest absolute Gasteiger partial charge is 0.253 e. The van der Waals surface area contributed by atoms with Crippen LogP contribution < -0.4 is 5.32 Å². The van der Waals surface area contributed by atoms with Gasteiger partial charge in [-0.25, -0.2) is 15.0 Å². The topological polar surface area (TPSA) is 85.6 Å². The van der Waals surface area contributed by atoms with Crippen molar-refractivity contribution in [3.63, 3.8) is 0 Å². The minimum absolute atomic E-state index is 0.0337. The third-order valence-corrected chi connectivity index (χ3v) is 6.19. The van der Waals surface area contributed by atoms with Crippen molar-refractivity contribution in [1.82, 2.24) is 29.8 Å². The number of carbonyl (C=O) groups excluding carboxylic acids is 1. The number of aryl methyl sites for hydroxylation is 2. The van der Waals surface area contributed by atoms with Gasteiger partial charge in [-0.2, -0.15) is 0 Å². The number of thiazole rings is 1. The maximum Gasteiger partial charge on any atom is 0.253 e. The second kappa shape index (κ2) is 7.36. The molecule has 0 fully saturated rings. The van der Waals surface area contributed by atoms with E-state index in [9.17, 15) is 4.79 Å². The Morgan fingerprint density at radius 3 is 3.10 bits per heavy atom. The van der Waals surface area contributed by atoms with Crippen LogP contribution in [0.15, 0.2) is 43.0 Å². The van der Waals surface area contributed by atoms with Crippen molar-refractivity contribution < 1.29 is 4.79 Å². The van der Waals surface area contributed by atoms with Crippen molar-refractivity contribution >= 4 is 28.4 Å². The van der Waals surface area contributed by atoms with Crippen molar-refractivity contribution in [2.24, 2.45) is 0 Å². The molecule has 0 saturated heterocycles. The number of nitrogens with zero attached hydrogens (tertiary/aromatic N) is 5. The SMILES string of the molecule is Cc1nc2c(s1)CCCC2NC(=O)c1cnc2c(c1)ncn2Cc1ccccn1. The van der Waals surface area contributed by atoms with Gasteiger partial charge >= 0.3 is 0 Å². The summed E-state index contributed by atoms with van der Waals surface area (Å²) in [6, 6.07) is 7.57. The van der Waals surface area contributed by atoms with Crippen molar-refractivity contribution in [1.29, 1.82) is 0 Å². The van der Waals surface area contributed by atoms with Gasteiger partial charge in [-0.1, -0.05) is 6.07 Å². The van der Waals surface area contributed by atoms with E-state index in [-0.39, 0.29) is 11.9 Å². The molecule has 1 N–H and O–H groups in total. The summed E-state index contributed by atoms with van der Waals surface area (Å²) in [5.74, 6) is -0.137. The molecule has 4 aromatic rings. The third kappa shape index (κ3) is 3.51. The molecule has 1 unspecified atom stereocenters. The van der Waals surface area contributed by atoms with E-state index in [2.05, 4.69) is 25.3 Å². The molecule has 0 aliphatic heterocycles. The van der Waals surface area contributed by atoms with Gasteiger partial charge in [0.15, 0.2) is 5.65 Å². The van der Waals surface area contributed by atoms with Crippen LogP contribution in [0.4, 0.5) is 0 Å². The summed E-state index contributed by atoms with van der Waals surface area (Å²) in [4.78, 5) is 32.1. The molecule has 0 bridgehead atoms. The van der Waals surface area contributed by atoms with Gasteiger partial charge < -0.3 is 9.88 Å². The van der Waals surface area contributed by atoms with Crippen LogP contribution in [-0.4, -0.2) is 30.4 Å². The molecule has 8 heteroatoms. The number of pyridine rings is 2. The van der Waals surface area contributed by atoms with E-state index < -0.39 is 0 Å². The summed E-state index contributed by atoms with van der Waals surface area (Å²) >= 11 is 1.73. The molecule has 1 amide bonds. The predicted molar refractivity (Wildman–Crippen MR) is 111 cm³/mol. The Labute approximate surface area is 171 Å². The number of hydrogen-bond donors (Lipinski definition) is 1. The first-order valence-electron chi connectivity index (χ1n) is 9.65. The summed E-state index contributed by atoms with van der Waals surface area (Å²) < 4.78 is 1.94. The van der Waals surface area contributed by atoms with Gasteiger partial charge in [0.05, 0.1) is 40.9 Å². The summed E-state index contributed by atoms with van der Waals surface area (Å²) in [7, 11) is 0. The second-order valence-electron chi connectivity index (χ2n) is 7.22. The van der Waals surface area contributed by atoms with E-state index in [1.54, 1.807) is 36.1 Å². The van der Waals surface area contributed by atoms with Crippen LogP contribution in [0, 0.1) is 6.92 Å². The molecule has 146 valence electrons. The first-order chi connectivity index (χ1) is 14.2. The van der Waals surface area contributed by atoms with Gasteiger partial charge in [0, 0.05) is 17.3 Å². The van der Waals surface area contributed by atoms with Crippen molar-refractivity contribution in [2.45, 2.75) is 38.8 Å². The molecule has 1 atom stereocenters. The van der Waals surface area contributed by atoms with Crippen LogP contribution >= 0.6 is 11.3 Å². The van der Waals surface area contributed by atoms with Gasteiger partial charge in [0.2, 0.25) is 0 Å². The van der Waals surface area contributed by atoms with E-state index in [0.717, 1.165) is 41.3 Å². The molecule has 4 heterocycles. The molecule has 5 rings (SSSR count). The van der Waals surface area contributed by atoms with Crippen LogP contribution in [0.2, 0.25) is 0 Å². The Balaban J connectivity index is 1.36. The Morgan fingerprint density at radius 1 is 1.31 bits per heavy atom. The standard InChI is InChI=1S/C21H20N6OS/c1-13-25-19-16(6-4-7-18(19)29-13)26-21(28)14-9-17-20(23-10-14)27(12-24-17)11-15-5-2-3-8-22-15/h2-3,5,8-10,12,16H,4,6-7,11H2,1H3,(H,26,28). The average Bonchev–Trinajstić information content (AvgIpc) is 3.31. The fourth-order valence-electron chi connectivity index (χ4n) is 3.78. The summed E-state index contributed by atoms with van der Waals surface area (Å²) in [6.07, 6.45) is 8.15. The van der Waals surface area contributed by atoms with Crippen LogP contribution in [0.25, 0.3) is 11.2 Å². The molecule has 0 spiro atoms. The highest BCUT2D eigenvalue weighted by Crippen LogP contribution is 2.33. The average molecular weight is 404 g/mol. The van der Waals surface area contributed by atoms with E-state index >= 15 is 0 Å². The lowest BCUT2D eigenvalue weighted by atomic mass is 9.97. The summed E-state index contributed by atoms with van der Waals surface area (Å²) in [5, 5.41) is 4.19. The lowest BCUT2D eigenvalue weighted by Crippen LogP contribution is -2.31. The Bertz CT molecular complexity index is 1180. The number of fused-ring (bicyclic) bond motifs is 2. The first-order valence-corrected chi connectivity index (χ1v) is 10.5. The highest BCUT2D eigenvalue weighted by Gasteiger charge is 2.26. The Kier molecular flexibility index (Phi) is 4.55. The number of amides is 1. The molecule has 7 nitrogen and oxygen atoms in total. The van der Waals surface area contributed by atoms with E-state index in [0.29, 0.717) is 17.6 Å². The monoisotopic (exact) mass is 404 g/mol. The molecule has 0 radical (unpaired) electrons. The van der Waals surface area contributed by atoms with Crippen molar-refractivity contribution in [3.8, 4) is 0 Å². The number of nitrogens with one attached hydrogen (secondary N) is 1. The number of rotatable bonds is 4. The van der Waals surface area contributed by atoms with Crippen molar-refractivity contribution in [2.75, 3.05) is 0 Å². The lowest BCUT2D eigenvalue weighted by Gasteiger charge is -2.22. The predicted octanol–water partition coefficient (Wildman–Crippen LogP) is 3.45. The molecule has 29 heavy (non-hydrogen) atoms. The maximum absolute atomic E-state index is 12.9. The van der Waals surface area contributed by atoms with Crippen molar-refractivity contribution in [3.05, 3.63) is 69.8 Å². The van der Waals surface area contributed by atoms with Gasteiger partial charge in [-0.15, -0.1) is 11.3 Å². The van der Waals surface area contributed by atoms with Gasteiger partial charge in [0.25, 0.3) is 5.91 Å². The fourth-order valence-corrected chi connectivity index (χ4v) is 4.82. The minimum Gasteiger partial charge on any atom is -0.344 e. The quantitative estimate of drug-likeness (QED) is 0.563. The Morgan fingerprint density at radius 2 is 2.24 bits per heavy atom. The highest BCUT2D eigenvalue weighted by atomic mass is 32.1. The largest absolute Gasteiger partial charge is 0.344 e. The molecule has 0 saturated carbocycles. The summed E-state index contributed by atoms with van der Waals surface area (Å²) in [5.41, 5.74) is 3.91. The van der Waals surface area contributed by atoms with Crippen LogP contribution in [0.1, 0.15) is 50.5 Å². The number of carbonyl (C=O) groups is 1. The molecule has 1 aliphatic carbocycles. The number of imidazole rings is 1. The molecular formula is C21H20N6OS. The normalized spacial score (nSPS) is 16.0. The molecular weight excluding hydrogens is 384 g/mol. The zero-order valence-corrected chi connectivity index (χ0v) is 16.8. The second-order valence-corrected chi connectivity index (χ2v) is 8.51. The maximum atomic E-state index is 12.9. The molecule has 4 aromatic heterocycles. The van der Waals surface area contributed by atoms with Gasteiger partial charge in [-0.05, 0) is 44.4 Å². The number of hydrogen-bond acceptors (Lipinski definition) is 6. The summed E-state index contributed by atoms with van der Waals surface area (Å²) in [6.45, 7) is 2.60. The van der Waals surface area contributed by atoms with Gasteiger partial charge in [0.1, 0.15) is 5.52 Å². The van der Waals surface area contributed by atoms with Crippen LogP contribution in [0.3, 0.4) is 0 Å². The van der Waals surface area contributed by atoms with Crippen LogP contribution in [-0.2, 0) is 13.0 Å². The van der Waals surface area contributed by atoms with E-state index in [1.807, 2.05) is 29.7 Å². The van der Waals surface area contributed by atoms with E-state index in [1.165, 1.54) is 4.88 Å². The third-order valence-electron chi connectivity index (χ3n) is 5.14. The lowest BCUT2D eigenvalue weighted by molar-refractivity contribution is 0.0931. The fraction of sp³-hybridized carbons (Fsp3) is 0.286. The van der Waals surface area contributed by atoms with Gasteiger partial charge in [-0.3, -0.25) is 9.78 Å². The first kappa shape index (κ1) is 17.9. The Hall–Kier alpha value is -3.13. The number of aromatic nitrogens is 5. The zero-order valence-electron chi connectivity index (χ0n) is 16.0. The zero-order chi connectivity index (χ0) is 19.8. The highest BCUT2D eigenvalue weighted by molar-refractivity contribution is 7.11. The van der Waals surface area contributed by atoms with Crippen LogP contribution in [0.5, 0.6) is 0 Å². The van der Waals surface area contributed by atoms with E-state index in [4.69, 9.17) is 0 Å². The molecule has 1 aliphatic rings. The minimum atomic E-state index is -0.137. The molecule has 0 aromatic carbocycles.